The highest BCUT2D eigenvalue weighted by Crippen LogP contribution is 2.26. The lowest BCUT2D eigenvalue weighted by Crippen LogP contribution is -2.11. The van der Waals surface area contributed by atoms with Crippen molar-refractivity contribution >= 4 is 50.2 Å². The molecule has 0 amide bonds. The maximum atomic E-state index is 12.6. The zero-order chi connectivity index (χ0) is 22.6. The number of nitrogens with one attached hydrogen (secondary N) is 3. The highest BCUT2D eigenvalue weighted by atomic mass is 32.2. The van der Waals surface area contributed by atoms with Crippen molar-refractivity contribution in [1.29, 1.82) is 0 Å². The molecule has 4 rings (SSSR count). The molecule has 0 spiro atoms. The van der Waals surface area contributed by atoms with Crippen LogP contribution in [0.5, 0.6) is 0 Å². The Morgan fingerprint density at radius 3 is 2.22 bits per heavy atom. The van der Waals surface area contributed by atoms with Crippen LogP contribution in [0.15, 0.2) is 71.3 Å². The number of pyridine rings is 1. The van der Waals surface area contributed by atoms with E-state index in [1.54, 1.807) is 42.6 Å². The monoisotopic (exact) mass is 466 g/mol. The van der Waals surface area contributed by atoms with Crippen LogP contribution in [0.1, 0.15) is 17.4 Å². The van der Waals surface area contributed by atoms with Gasteiger partial charge < -0.3 is 10.6 Å². The summed E-state index contributed by atoms with van der Waals surface area (Å²) in [6.45, 7) is 3.99. The molecular formula is C22H22N6O2S2. The Bertz CT molecular complexity index is 1320. The largest absolute Gasteiger partial charge is 0.340 e. The summed E-state index contributed by atoms with van der Waals surface area (Å²) in [7, 11) is -3.60. The van der Waals surface area contributed by atoms with Gasteiger partial charge in [0.2, 0.25) is 0 Å². The maximum absolute atomic E-state index is 12.6. The SMILES string of the molecule is CCc1ccc(S(=O)(=O)Nc2ccc(Nc3cc(Nc4cc(C)ccn4)ncn3)cc2)s1. The van der Waals surface area contributed by atoms with Crippen molar-refractivity contribution in [3.05, 3.63) is 77.6 Å². The number of hydrogen-bond donors (Lipinski definition) is 3. The van der Waals surface area contributed by atoms with Crippen molar-refractivity contribution in [2.24, 2.45) is 0 Å². The van der Waals surface area contributed by atoms with Gasteiger partial charge in [0.05, 0.1) is 0 Å². The third kappa shape index (κ3) is 5.40. The van der Waals surface area contributed by atoms with Crippen molar-refractivity contribution in [1.82, 2.24) is 15.0 Å². The Morgan fingerprint density at radius 1 is 0.844 bits per heavy atom. The summed E-state index contributed by atoms with van der Waals surface area (Å²) in [6, 6.07) is 16.0. The fraction of sp³-hybridized carbons (Fsp3) is 0.136. The van der Waals surface area contributed by atoms with Gasteiger partial charge in [-0.3, -0.25) is 4.72 Å². The van der Waals surface area contributed by atoms with E-state index in [0.717, 1.165) is 22.5 Å². The summed E-state index contributed by atoms with van der Waals surface area (Å²) in [5, 5.41) is 6.34. The molecule has 0 saturated carbocycles. The van der Waals surface area contributed by atoms with Crippen LogP contribution in [0.25, 0.3) is 0 Å². The standard InChI is InChI=1S/C22H22N6O2S2/c1-3-18-8-9-22(31-18)32(29,30)28-17-6-4-16(5-7-17)26-20-13-21(25-14-24-20)27-19-12-15(2)10-11-23-19/h4-14,28H,3H2,1-2H3,(H2,23,24,25,26,27). The van der Waals surface area contributed by atoms with E-state index in [9.17, 15) is 8.42 Å². The number of anilines is 5. The molecule has 0 aliphatic rings. The third-order valence-corrected chi connectivity index (χ3v) is 7.60. The van der Waals surface area contributed by atoms with E-state index in [2.05, 4.69) is 30.3 Å². The summed E-state index contributed by atoms with van der Waals surface area (Å²) in [5.41, 5.74) is 2.34. The molecule has 0 saturated heterocycles. The topological polar surface area (TPSA) is 109 Å². The van der Waals surface area contributed by atoms with Crippen LogP contribution in [0, 0.1) is 6.92 Å². The Morgan fingerprint density at radius 2 is 1.53 bits per heavy atom. The molecule has 32 heavy (non-hydrogen) atoms. The van der Waals surface area contributed by atoms with Crippen molar-refractivity contribution in [3.63, 3.8) is 0 Å². The first-order chi connectivity index (χ1) is 15.4. The minimum Gasteiger partial charge on any atom is -0.340 e. The molecule has 3 heterocycles. The number of benzene rings is 1. The number of rotatable bonds is 8. The van der Waals surface area contributed by atoms with Crippen LogP contribution in [0.4, 0.5) is 28.8 Å². The minimum absolute atomic E-state index is 0.306. The van der Waals surface area contributed by atoms with E-state index in [-0.39, 0.29) is 0 Å². The van der Waals surface area contributed by atoms with Gasteiger partial charge in [-0.05, 0) is 67.4 Å². The van der Waals surface area contributed by atoms with Crippen LogP contribution in [-0.2, 0) is 16.4 Å². The molecule has 4 aromatic rings. The molecule has 8 nitrogen and oxygen atoms in total. The highest BCUT2D eigenvalue weighted by molar-refractivity contribution is 7.94. The average Bonchev–Trinajstić information content (AvgIpc) is 3.26. The van der Waals surface area contributed by atoms with E-state index < -0.39 is 10.0 Å². The number of hydrogen-bond acceptors (Lipinski definition) is 8. The summed E-state index contributed by atoms with van der Waals surface area (Å²) in [6.07, 6.45) is 3.99. The molecule has 0 unspecified atom stereocenters. The number of sulfonamides is 1. The zero-order valence-corrected chi connectivity index (χ0v) is 19.2. The van der Waals surface area contributed by atoms with E-state index in [1.165, 1.54) is 17.7 Å². The molecule has 0 bridgehead atoms. The first-order valence-electron chi connectivity index (χ1n) is 9.91. The summed E-state index contributed by atoms with van der Waals surface area (Å²) in [5.74, 6) is 1.89. The van der Waals surface area contributed by atoms with Crippen molar-refractivity contribution in [3.8, 4) is 0 Å². The fourth-order valence-electron chi connectivity index (χ4n) is 2.90. The molecule has 0 aliphatic heterocycles. The van der Waals surface area contributed by atoms with Gasteiger partial charge in [-0.2, -0.15) is 0 Å². The Labute approximate surface area is 190 Å². The van der Waals surface area contributed by atoms with Crippen molar-refractivity contribution < 1.29 is 8.42 Å². The molecule has 3 aromatic heterocycles. The van der Waals surface area contributed by atoms with Crippen LogP contribution < -0.4 is 15.4 Å². The minimum atomic E-state index is -3.60. The lowest BCUT2D eigenvalue weighted by atomic mass is 10.3. The Kier molecular flexibility index (Phi) is 6.33. The van der Waals surface area contributed by atoms with Gasteiger partial charge in [0.15, 0.2) is 0 Å². The highest BCUT2D eigenvalue weighted by Gasteiger charge is 2.16. The number of nitrogens with zero attached hydrogens (tertiary/aromatic N) is 3. The number of aryl methyl sites for hydroxylation is 2. The smallest absolute Gasteiger partial charge is 0.271 e. The lowest BCUT2D eigenvalue weighted by Gasteiger charge is -2.10. The molecule has 0 aliphatic carbocycles. The molecular weight excluding hydrogens is 444 g/mol. The van der Waals surface area contributed by atoms with Gasteiger partial charge in [-0.1, -0.05) is 6.92 Å². The predicted molar refractivity (Wildman–Crippen MR) is 129 cm³/mol. The van der Waals surface area contributed by atoms with E-state index in [4.69, 9.17) is 0 Å². The second-order valence-corrected chi connectivity index (χ2v) is 10.1. The van der Waals surface area contributed by atoms with Gasteiger partial charge >= 0.3 is 0 Å². The Balaban J connectivity index is 1.42. The van der Waals surface area contributed by atoms with Gasteiger partial charge in [0.25, 0.3) is 10.0 Å². The quantitative estimate of drug-likeness (QED) is 0.332. The first kappa shape index (κ1) is 21.7. The molecule has 164 valence electrons. The maximum Gasteiger partial charge on any atom is 0.271 e. The molecule has 3 N–H and O–H groups in total. The van der Waals surface area contributed by atoms with Gasteiger partial charge in [0.1, 0.15) is 28.0 Å². The normalized spacial score (nSPS) is 11.2. The average molecular weight is 467 g/mol. The van der Waals surface area contributed by atoms with Crippen molar-refractivity contribution in [2.75, 3.05) is 15.4 Å². The summed E-state index contributed by atoms with van der Waals surface area (Å²) < 4.78 is 28.1. The predicted octanol–water partition coefficient (Wildman–Crippen LogP) is 5.09. The van der Waals surface area contributed by atoms with Crippen LogP contribution in [0.2, 0.25) is 0 Å². The zero-order valence-electron chi connectivity index (χ0n) is 17.5. The number of aromatic nitrogens is 3. The Hall–Kier alpha value is -3.50. The van der Waals surface area contributed by atoms with Crippen LogP contribution in [0.3, 0.4) is 0 Å². The summed E-state index contributed by atoms with van der Waals surface area (Å²) >= 11 is 1.28. The van der Waals surface area contributed by atoms with E-state index >= 15 is 0 Å². The lowest BCUT2D eigenvalue weighted by molar-refractivity contribution is 0.603. The third-order valence-electron chi connectivity index (χ3n) is 4.50. The van der Waals surface area contributed by atoms with Gasteiger partial charge in [-0.25, -0.2) is 23.4 Å². The molecule has 0 atom stereocenters. The van der Waals surface area contributed by atoms with Crippen LogP contribution >= 0.6 is 11.3 Å². The fourth-order valence-corrected chi connectivity index (χ4v) is 5.25. The molecule has 0 radical (unpaired) electrons. The van der Waals surface area contributed by atoms with Gasteiger partial charge in [-0.15, -0.1) is 11.3 Å². The summed E-state index contributed by atoms with van der Waals surface area (Å²) in [4.78, 5) is 13.7. The van der Waals surface area contributed by atoms with E-state index in [1.807, 2.05) is 32.0 Å². The van der Waals surface area contributed by atoms with E-state index in [0.29, 0.717) is 27.4 Å². The molecule has 1 aromatic carbocycles. The molecule has 10 heteroatoms. The van der Waals surface area contributed by atoms with Crippen molar-refractivity contribution in [2.45, 2.75) is 24.5 Å². The van der Waals surface area contributed by atoms with Crippen LogP contribution in [-0.4, -0.2) is 23.4 Å². The number of thiophene rings is 1. The second kappa shape index (κ2) is 9.33. The second-order valence-electron chi connectivity index (χ2n) is 7.01. The first-order valence-corrected chi connectivity index (χ1v) is 12.2. The molecule has 0 fully saturated rings. The van der Waals surface area contributed by atoms with Gasteiger partial charge in [0, 0.05) is 28.5 Å².